The summed E-state index contributed by atoms with van der Waals surface area (Å²) >= 11 is 3.49. The Balaban J connectivity index is 2.28. The molecule has 0 saturated heterocycles. The molecule has 2 aromatic rings. The number of halogens is 1. The summed E-state index contributed by atoms with van der Waals surface area (Å²) in [4.78, 5) is 12.3. The third-order valence-corrected chi connectivity index (χ3v) is 4.16. The maximum atomic E-state index is 12.3. The third-order valence-electron chi connectivity index (χ3n) is 3.10. The van der Waals surface area contributed by atoms with Gasteiger partial charge in [-0.15, -0.1) is 0 Å². The second kappa shape index (κ2) is 5.49. The van der Waals surface area contributed by atoms with Crippen molar-refractivity contribution < 1.29 is 4.79 Å². The quantitative estimate of drug-likeness (QED) is 0.763. The molecule has 0 N–H and O–H groups in total. The number of hydrogen-bond donors (Lipinski definition) is 0. The van der Waals surface area contributed by atoms with Crippen molar-refractivity contribution in [3.05, 3.63) is 69.2 Å². The molecule has 0 heterocycles. The molecule has 0 spiro atoms. The number of rotatable bonds is 3. The molecule has 0 aliphatic rings. The van der Waals surface area contributed by atoms with Gasteiger partial charge in [-0.2, -0.15) is 0 Å². The van der Waals surface area contributed by atoms with E-state index in [4.69, 9.17) is 0 Å². The highest BCUT2D eigenvalue weighted by Gasteiger charge is 2.12. The van der Waals surface area contributed by atoms with Crippen LogP contribution in [0.2, 0.25) is 0 Å². The summed E-state index contributed by atoms with van der Waals surface area (Å²) in [6.07, 6.45) is 0.453. The number of aryl methyl sites for hydroxylation is 2. The number of hydrogen-bond acceptors (Lipinski definition) is 1. The van der Waals surface area contributed by atoms with Gasteiger partial charge in [-0.05, 0) is 46.5 Å². The Morgan fingerprint density at radius 2 is 1.67 bits per heavy atom. The molecule has 0 aliphatic heterocycles. The van der Waals surface area contributed by atoms with Gasteiger partial charge in [-0.1, -0.05) is 42.5 Å². The first kappa shape index (κ1) is 13.0. The second-order valence-electron chi connectivity index (χ2n) is 4.46. The molecule has 2 aromatic carbocycles. The predicted octanol–water partition coefficient (Wildman–Crippen LogP) is 4.49. The molecule has 0 atom stereocenters. The van der Waals surface area contributed by atoms with Crippen molar-refractivity contribution in [2.75, 3.05) is 0 Å². The van der Waals surface area contributed by atoms with E-state index in [0.717, 1.165) is 26.7 Å². The van der Waals surface area contributed by atoms with Crippen molar-refractivity contribution in [2.24, 2.45) is 0 Å². The molecule has 2 rings (SSSR count). The fourth-order valence-electron chi connectivity index (χ4n) is 1.94. The van der Waals surface area contributed by atoms with E-state index in [-0.39, 0.29) is 5.78 Å². The maximum absolute atomic E-state index is 12.3. The molecule has 0 saturated carbocycles. The van der Waals surface area contributed by atoms with Crippen molar-refractivity contribution in [3.63, 3.8) is 0 Å². The molecule has 0 amide bonds. The van der Waals surface area contributed by atoms with E-state index in [1.807, 2.05) is 56.3 Å². The Morgan fingerprint density at radius 1 is 1.00 bits per heavy atom. The number of ketones is 1. The zero-order valence-electron chi connectivity index (χ0n) is 10.5. The highest BCUT2D eigenvalue weighted by molar-refractivity contribution is 9.10. The first-order valence-electron chi connectivity index (χ1n) is 5.92. The zero-order chi connectivity index (χ0) is 13.1. The molecule has 0 aromatic heterocycles. The molecule has 0 fully saturated rings. The lowest BCUT2D eigenvalue weighted by atomic mass is 9.99. The van der Waals surface area contributed by atoms with Crippen LogP contribution in [0, 0.1) is 13.8 Å². The van der Waals surface area contributed by atoms with E-state index in [9.17, 15) is 4.79 Å². The summed E-state index contributed by atoms with van der Waals surface area (Å²) in [5, 5.41) is 0. The van der Waals surface area contributed by atoms with Crippen molar-refractivity contribution >= 4 is 21.7 Å². The highest BCUT2D eigenvalue weighted by Crippen LogP contribution is 2.23. The van der Waals surface area contributed by atoms with Gasteiger partial charge < -0.3 is 0 Å². The lowest BCUT2D eigenvalue weighted by Gasteiger charge is -2.08. The minimum absolute atomic E-state index is 0.153. The van der Waals surface area contributed by atoms with E-state index in [1.54, 1.807) is 0 Å². The minimum Gasteiger partial charge on any atom is -0.294 e. The number of carbonyl (C=O) groups excluding carboxylic acids is 1. The lowest BCUT2D eigenvalue weighted by molar-refractivity contribution is 0.0992. The molecule has 2 heteroatoms. The molecule has 92 valence electrons. The summed E-state index contributed by atoms with van der Waals surface area (Å²) in [5.41, 5.74) is 4.11. The highest BCUT2D eigenvalue weighted by atomic mass is 79.9. The Hall–Kier alpha value is -1.41. The Kier molecular flexibility index (Phi) is 3.97. The minimum atomic E-state index is 0.153. The van der Waals surface area contributed by atoms with Crippen LogP contribution in [0.4, 0.5) is 0 Å². The topological polar surface area (TPSA) is 17.1 Å². The number of benzene rings is 2. The maximum Gasteiger partial charge on any atom is 0.168 e. The molecule has 18 heavy (non-hydrogen) atoms. The predicted molar refractivity (Wildman–Crippen MR) is 78.1 cm³/mol. The fraction of sp³-hybridized carbons (Fsp3) is 0.188. The molecule has 1 nitrogen and oxygen atoms in total. The van der Waals surface area contributed by atoms with E-state index in [0.29, 0.717) is 6.42 Å². The number of carbonyl (C=O) groups is 1. The van der Waals surface area contributed by atoms with Crippen molar-refractivity contribution in [3.8, 4) is 0 Å². The summed E-state index contributed by atoms with van der Waals surface area (Å²) in [7, 11) is 0. The van der Waals surface area contributed by atoms with Gasteiger partial charge in [0.25, 0.3) is 0 Å². The summed E-state index contributed by atoms with van der Waals surface area (Å²) < 4.78 is 0.906. The van der Waals surface area contributed by atoms with Gasteiger partial charge in [0, 0.05) is 16.5 Å². The van der Waals surface area contributed by atoms with Crippen molar-refractivity contribution in [2.45, 2.75) is 20.3 Å². The second-order valence-corrected chi connectivity index (χ2v) is 5.26. The average Bonchev–Trinajstić information content (AvgIpc) is 2.35. The smallest absolute Gasteiger partial charge is 0.168 e. The molecule has 0 aliphatic carbocycles. The van der Waals surface area contributed by atoms with Gasteiger partial charge in [-0.25, -0.2) is 0 Å². The van der Waals surface area contributed by atoms with E-state index >= 15 is 0 Å². The molecular formula is C16H15BrO. The standard InChI is InChI=1S/C16H15BrO/c1-11-6-3-4-8-13(11)10-15(18)14-9-5-7-12(2)16(14)17/h3-9H,10H2,1-2H3. The van der Waals surface area contributed by atoms with Crippen LogP contribution in [0.1, 0.15) is 27.0 Å². The summed E-state index contributed by atoms with van der Waals surface area (Å²) in [6, 6.07) is 13.8. The zero-order valence-corrected chi connectivity index (χ0v) is 12.1. The Morgan fingerprint density at radius 3 is 2.39 bits per heavy atom. The van der Waals surface area contributed by atoms with Crippen LogP contribution in [-0.4, -0.2) is 5.78 Å². The van der Waals surface area contributed by atoms with Gasteiger partial charge in [0.15, 0.2) is 5.78 Å². The summed E-state index contributed by atoms with van der Waals surface area (Å²) in [6.45, 7) is 4.03. The first-order valence-corrected chi connectivity index (χ1v) is 6.71. The van der Waals surface area contributed by atoms with E-state index in [2.05, 4.69) is 15.9 Å². The molecule has 0 unspecified atom stereocenters. The molecular weight excluding hydrogens is 288 g/mol. The van der Waals surface area contributed by atoms with Crippen molar-refractivity contribution in [1.29, 1.82) is 0 Å². The van der Waals surface area contributed by atoms with Crippen LogP contribution in [0.3, 0.4) is 0 Å². The Bertz CT molecular complexity index is 587. The first-order chi connectivity index (χ1) is 8.59. The third kappa shape index (κ3) is 2.70. The van der Waals surface area contributed by atoms with Crippen LogP contribution in [0.25, 0.3) is 0 Å². The van der Waals surface area contributed by atoms with Gasteiger partial charge in [0.1, 0.15) is 0 Å². The van der Waals surface area contributed by atoms with Crippen LogP contribution < -0.4 is 0 Å². The molecule has 0 radical (unpaired) electrons. The average molecular weight is 303 g/mol. The summed E-state index contributed by atoms with van der Waals surface area (Å²) in [5.74, 6) is 0.153. The van der Waals surface area contributed by atoms with Crippen LogP contribution >= 0.6 is 15.9 Å². The van der Waals surface area contributed by atoms with Crippen LogP contribution in [0.15, 0.2) is 46.9 Å². The molecule has 0 bridgehead atoms. The van der Waals surface area contributed by atoms with E-state index < -0.39 is 0 Å². The normalized spacial score (nSPS) is 10.4. The fourth-order valence-corrected chi connectivity index (χ4v) is 2.42. The van der Waals surface area contributed by atoms with Gasteiger partial charge in [0.2, 0.25) is 0 Å². The van der Waals surface area contributed by atoms with Gasteiger partial charge in [-0.3, -0.25) is 4.79 Å². The van der Waals surface area contributed by atoms with Crippen LogP contribution in [-0.2, 0) is 6.42 Å². The monoisotopic (exact) mass is 302 g/mol. The van der Waals surface area contributed by atoms with Crippen LogP contribution in [0.5, 0.6) is 0 Å². The number of Topliss-reactive ketones (excluding diaryl/α,β-unsaturated/α-hetero) is 1. The van der Waals surface area contributed by atoms with E-state index in [1.165, 1.54) is 0 Å². The largest absolute Gasteiger partial charge is 0.294 e. The Labute approximate surface area is 116 Å². The van der Waals surface area contributed by atoms with Gasteiger partial charge >= 0.3 is 0 Å². The lowest BCUT2D eigenvalue weighted by Crippen LogP contribution is -2.06. The van der Waals surface area contributed by atoms with Gasteiger partial charge in [0.05, 0.1) is 0 Å². The SMILES string of the molecule is Cc1ccccc1CC(=O)c1cccc(C)c1Br. The van der Waals surface area contributed by atoms with Crippen molar-refractivity contribution in [1.82, 2.24) is 0 Å².